The van der Waals surface area contributed by atoms with Crippen LogP contribution in [0.3, 0.4) is 0 Å². The number of carbonyl (C=O) groups is 1. The highest BCUT2D eigenvalue weighted by Gasteiger charge is 2.34. The fourth-order valence-corrected chi connectivity index (χ4v) is 4.87. The fraction of sp³-hybridized carbons (Fsp3) is 0.385. The van der Waals surface area contributed by atoms with Crippen molar-refractivity contribution in [1.29, 1.82) is 0 Å². The van der Waals surface area contributed by atoms with Crippen molar-refractivity contribution in [2.45, 2.75) is 45.0 Å². The van der Waals surface area contributed by atoms with E-state index in [1.165, 1.54) is 24.3 Å². The first-order valence-corrected chi connectivity index (χ1v) is 14.0. The number of carbonyl (C=O) groups excluding carboxylic acids is 1. The highest BCUT2D eigenvalue weighted by molar-refractivity contribution is 7.92. The molecule has 0 unspecified atom stereocenters. The molecule has 1 fully saturated rings. The summed E-state index contributed by atoms with van der Waals surface area (Å²) >= 11 is 0. The molecule has 1 aliphatic rings. The number of nitrogens with zero attached hydrogens (tertiary/aromatic N) is 1. The number of hydrogen-bond donors (Lipinski definition) is 2. The van der Waals surface area contributed by atoms with Gasteiger partial charge in [0.15, 0.2) is 0 Å². The molecule has 210 valence electrons. The third kappa shape index (κ3) is 6.95. The van der Waals surface area contributed by atoms with E-state index in [1.54, 1.807) is 13.8 Å². The van der Waals surface area contributed by atoms with Crippen LogP contribution < -0.4 is 14.8 Å². The van der Waals surface area contributed by atoms with Gasteiger partial charge in [-0.3, -0.25) is 9.52 Å². The maximum Gasteiger partial charge on any atom is 0.433 e. The Hall–Kier alpha value is -3.45. The zero-order valence-electron chi connectivity index (χ0n) is 21.4. The lowest BCUT2D eigenvalue weighted by atomic mass is 10.0. The van der Waals surface area contributed by atoms with Crippen LogP contribution in [0, 0.1) is 12.7 Å². The molecule has 0 aliphatic carbocycles. The van der Waals surface area contributed by atoms with Crippen molar-refractivity contribution in [2.75, 3.05) is 24.2 Å². The van der Waals surface area contributed by atoms with Crippen LogP contribution in [0.15, 0.2) is 36.4 Å². The number of amides is 1. The predicted molar refractivity (Wildman–Crippen MR) is 137 cm³/mol. The molecule has 8 nitrogen and oxygen atoms in total. The Bertz CT molecular complexity index is 1510. The molecule has 3 aromatic rings. The van der Waals surface area contributed by atoms with Gasteiger partial charge in [-0.05, 0) is 49.7 Å². The first-order valence-electron chi connectivity index (χ1n) is 12.1. The van der Waals surface area contributed by atoms with Crippen molar-refractivity contribution in [3.05, 3.63) is 64.6 Å². The summed E-state index contributed by atoms with van der Waals surface area (Å²) in [4.78, 5) is 16.8. The molecule has 1 aliphatic heterocycles. The van der Waals surface area contributed by atoms with Crippen LogP contribution in [-0.4, -0.2) is 44.9 Å². The third-order valence-corrected chi connectivity index (χ3v) is 6.83. The van der Waals surface area contributed by atoms with E-state index in [0.29, 0.717) is 31.6 Å². The molecule has 0 radical (unpaired) electrons. The van der Waals surface area contributed by atoms with Gasteiger partial charge < -0.3 is 14.8 Å². The third-order valence-electron chi connectivity index (χ3n) is 6.24. The van der Waals surface area contributed by atoms with Crippen LogP contribution in [-0.2, 0) is 20.9 Å². The van der Waals surface area contributed by atoms with Crippen molar-refractivity contribution in [2.24, 2.45) is 0 Å². The molecule has 2 heterocycles. The first-order chi connectivity index (χ1) is 18.2. The molecule has 1 aromatic heterocycles. The molecule has 1 amide bonds. The standard InChI is InChI=1S/C26H27F4N3O5S/c1-14-10-18(20(27)12-22(14)33-39(3,35)36)15(2)31-25(34)16-4-5-21-19(11-16)23(13-24(32-21)26(28,29)30)38-17-6-8-37-9-7-17/h4-5,10-13,15,17,33H,6-9H2,1-3H3,(H,31,34)/t15-/m1/s1. The lowest BCUT2D eigenvalue weighted by Crippen LogP contribution is -2.27. The zero-order valence-corrected chi connectivity index (χ0v) is 22.2. The van der Waals surface area contributed by atoms with Gasteiger partial charge in [-0.1, -0.05) is 0 Å². The van der Waals surface area contributed by atoms with E-state index in [1.807, 2.05) is 0 Å². The number of pyridine rings is 1. The number of benzene rings is 2. The Morgan fingerprint density at radius 2 is 1.85 bits per heavy atom. The summed E-state index contributed by atoms with van der Waals surface area (Å²) in [6.45, 7) is 3.99. The summed E-state index contributed by atoms with van der Waals surface area (Å²) in [5, 5.41) is 2.90. The monoisotopic (exact) mass is 569 g/mol. The number of aromatic nitrogens is 1. The van der Waals surface area contributed by atoms with Gasteiger partial charge >= 0.3 is 6.18 Å². The van der Waals surface area contributed by atoms with Crippen LogP contribution >= 0.6 is 0 Å². The molecular weight excluding hydrogens is 542 g/mol. The van der Waals surface area contributed by atoms with Crippen LogP contribution in [0.2, 0.25) is 0 Å². The molecule has 1 atom stereocenters. The van der Waals surface area contributed by atoms with Crippen LogP contribution in [0.1, 0.15) is 53.0 Å². The van der Waals surface area contributed by atoms with Crippen LogP contribution in [0.5, 0.6) is 5.75 Å². The number of sulfonamides is 1. The minimum Gasteiger partial charge on any atom is -0.489 e. The van der Waals surface area contributed by atoms with E-state index in [-0.39, 0.29) is 39.6 Å². The van der Waals surface area contributed by atoms with E-state index in [4.69, 9.17) is 9.47 Å². The molecule has 2 aromatic carbocycles. The average molecular weight is 570 g/mol. The van der Waals surface area contributed by atoms with Gasteiger partial charge in [-0.2, -0.15) is 13.2 Å². The summed E-state index contributed by atoms with van der Waals surface area (Å²) in [5.41, 5.74) is -0.338. The van der Waals surface area contributed by atoms with Crippen molar-refractivity contribution in [1.82, 2.24) is 10.3 Å². The second-order valence-corrected chi connectivity index (χ2v) is 11.2. The molecule has 13 heteroatoms. The van der Waals surface area contributed by atoms with Crippen molar-refractivity contribution < 1.29 is 40.2 Å². The van der Waals surface area contributed by atoms with Crippen LogP contribution in [0.4, 0.5) is 23.2 Å². The lowest BCUT2D eigenvalue weighted by molar-refractivity contribution is -0.141. The molecule has 2 N–H and O–H groups in total. The zero-order chi connectivity index (χ0) is 28.5. The number of alkyl halides is 3. The second-order valence-electron chi connectivity index (χ2n) is 9.42. The molecule has 0 bridgehead atoms. The Labute approximate surface area is 222 Å². The van der Waals surface area contributed by atoms with Gasteiger partial charge in [0.25, 0.3) is 5.91 Å². The number of ether oxygens (including phenoxy) is 2. The molecule has 0 saturated carbocycles. The molecular formula is C26H27F4N3O5S. The molecule has 0 spiro atoms. The van der Waals surface area contributed by atoms with Gasteiger partial charge in [0, 0.05) is 35.4 Å². The van der Waals surface area contributed by atoms with Crippen molar-refractivity contribution in [3.8, 4) is 5.75 Å². The van der Waals surface area contributed by atoms with Gasteiger partial charge in [-0.25, -0.2) is 17.8 Å². The first kappa shape index (κ1) is 28.6. The minimum absolute atomic E-state index is 0.00659. The van der Waals surface area contributed by atoms with Crippen molar-refractivity contribution >= 4 is 32.5 Å². The summed E-state index contributed by atoms with van der Waals surface area (Å²) < 4.78 is 91.7. The fourth-order valence-electron chi connectivity index (χ4n) is 4.26. The smallest absolute Gasteiger partial charge is 0.433 e. The largest absolute Gasteiger partial charge is 0.489 e. The van der Waals surface area contributed by atoms with Crippen LogP contribution in [0.25, 0.3) is 10.9 Å². The molecule has 1 saturated heterocycles. The van der Waals surface area contributed by atoms with E-state index in [0.717, 1.165) is 18.4 Å². The maximum absolute atomic E-state index is 14.8. The molecule has 4 rings (SSSR count). The van der Waals surface area contributed by atoms with E-state index in [9.17, 15) is 30.8 Å². The Morgan fingerprint density at radius 1 is 1.15 bits per heavy atom. The summed E-state index contributed by atoms with van der Waals surface area (Å²) in [6, 6.07) is 6.49. The number of halogens is 4. The average Bonchev–Trinajstić information content (AvgIpc) is 2.84. The van der Waals surface area contributed by atoms with Crippen molar-refractivity contribution in [3.63, 3.8) is 0 Å². The number of anilines is 1. The number of nitrogens with one attached hydrogen (secondary N) is 2. The highest BCUT2D eigenvalue weighted by atomic mass is 32.2. The number of aryl methyl sites for hydroxylation is 1. The maximum atomic E-state index is 14.8. The topological polar surface area (TPSA) is 107 Å². The number of rotatable bonds is 7. The number of hydrogen-bond acceptors (Lipinski definition) is 6. The van der Waals surface area contributed by atoms with Gasteiger partial charge in [-0.15, -0.1) is 0 Å². The summed E-state index contributed by atoms with van der Waals surface area (Å²) in [7, 11) is -3.62. The SMILES string of the molecule is Cc1cc([C@@H](C)NC(=O)c2ccc3nc(C(F)(F)F)cc(OC4CCOCC4)c3c2)c(F)cc1NS(C)(=O)=O. The van der Waals surface area contributed by atoms with Gasteiger partial charge in [0.1, 0.15) is 23.4 Å². The van der Waals surface area contributed by atoms with Gasteiger partial charge in [0.2, 0.25) is 10.0 Å². The predicted octanol–water partition coefficient (Wildman–Crippen LogP) is 5.12. The summed E-state index contributed by atoms with van der Waals surface area (Å²) in [6.07, 6.45) is -3.08. The second kappa shape index (κ2) is 11.0. The normalized spacial score (nSPS) is 15.7. The Balaban J connectivity index is 1.62. The minimum atomic E-state index is -4.69. The summed E-state index contributed by atoms with van der Waals surface area (Å²) in [5.74, 6) is -1.37. The Morgan fingerprint density at radius 3 is 2.49 bits per heavy atom. The highest BCUT2D eigenvalue weighted by Crippen LogP contribution is 2.36. The van der Waals surface area contributed by atoms with E-state index < -0.39 is 39.7 Å². The van der Waals surface area contributed by atoms with E-state index in [2.05, 4.69) is 15.0 Å². The molecule has 39 heavy (non-hydrogen) atoms. The number of fused-ring (bicyclic) bond motifs is 1. The Kier molecular flexibility index (Phi) is 8.03. The quantitative estimate of drug-likeness (QED) is 0.383. The van der Waals surface area contributed by atoms with E-state index >= 15 is 0 Å². The lowest BCUT2D eigenvalue weighted by Gasteiger charge is -2.24. The van der Waals surface area contributed by atoms with Gasteiger partial charge in [0.05, 0.1) is 36.7 Å².